The Labute approximate surface area is 154 Å². The lowest BCUT2D eigenvalue weighted by molar-refractivity contribution is -0.111. The van der Waals surface area contributed by atoms with Gasteiger partial charge in [-0.05, 0) is 30.7 Å². The van der Waals surface area contributed by atoms with Gasteiger partial charge in [-0.15, -0.1) is 0 Å². The molecule has 0 aliphatic heterocycles. The van der Waals surface area contributed by atoms with Gasteiger partial charge in [0.05, 0.1) is 11.9 Å². The highest BCUT2D eigenvalue weighted by Gasteiger charge is 2.16. The monoisotopic (exact) mass is 399 g/mol. The van der Waals surface area contributed by atoms with Crippen LogP contribution in [0.3, 0.4) is 0 Å². The van der Waals surface area contributed by atoms with Gasteiger partial charge >= 0.3 is 0 Å². The number of nitrogens with one attached hydrogen (secondary N) is 1. The van der Waals surface area contributed by atoms with Crippen LogP contribution in [0.4, 0.5) is 5.82 Å². The summed E-state index contributed by atoms with van der Waals surface area (Å²) >= 11 is 3.44. The number of benzene rings is 1. The van der Waals surface area contributed by atoms with Crippen LogP contribution in [0.5, 0.6) is 0 Å². The summed E-state index contributed by atoms with van der Waals surface area (Å²) < 4.78 is 4.37. The lowest BCUT2D eigenvalue weighted by atomic mass is 10.1. The molecule has 0 radical (unpaired) electrons. The molecule has 0 spiro atoms. The number of hydrogen-bond acceptors (Lipinski definition) is 3. The lowest BCUT2D eigenvalue weighted by Gasteiger charge is -2.07. The number of carbonyl (C=O) groups excluding carboxylic acids is 1. The van der Waals surface area contributed by atoms with E-state index in [1.165, 1.54) is 6.08 Å². The van der Waals surface area contributed by atoms with Gasteiger partial charge in [0.25, 0.3) is 0 Å². The highest BCUT2D eigenvalue weighted by molar-refractivity contribution is 9.10. The number of nitrogens with zero attached hydrogens (tertiary/aromatic N) is 4. The van der Waals surface area contributed by atoms with E-state index in [0.29, 0.717) is 5.82 Å². The second-order valence-electron chi connectivity index (χ2n) is 5.71. The van der Waals surface area contributed by atoms with Crippen molar-refractivity contribution < 1.29 is 4.79 Å². The number of amides is 1. The molecule has 0 saturated heterocycles. The number of halogens is 1. The van der Waals surface area contributed by atoms with Crippen molar-refractivity contribution in [2.24, 2.45) is 14.1 Å². The van der Waals surface area contributed by atoms with Crippen molar-refractivity contribution in [3.63, 3.8) is 0 Å². The maximum atomic E-state index is 12.3. The number of rotatable bonds is 4. The van der Waals surface area contributed by atoms with Crippen LogP contribution in [-0.4, -0.2) is 25.5 Å². The molecule has 6 nitrogen and oxygen atoms in total. The van der Waals surface area contributed by atoms with Crippen molar-refractivity contribution in [2.75, 3.05) is 5.32 Å². The summed E-state index contributed by atoms with van der Waals surface area (Å²) in [5, 5.41) is 11.4. The van der Waals surface area contributed by atoms with Gasteiger partial charge in [0.2, 0.25) is 5.91 Å². The summed E-state index contributed by atoms with van der Waals surface area (Å²) in [4.78, 5) is 12.3. The molecule has 1 amide bonds. The van der Waals surface area contributed by atoms with E-state index >= 15 is 0 Å². The van der Waals surface area contributed by atoms with Crippen molar-refractivity contribution in [1.82, 2.24) is 19.6 Å². The van der Waals surface area contributed by atoms with Gasteiger partial charge in [-0.2, -0.15) is 10.2 Å². The third-order valence-corrected chi connectivity index (χ3v) is 4.28. The molecule has 128 valence electrons. The molecule has 0 aliphatic carbocycles. The first-order valence-electron chi connectivity index (χ1n) is 7.71. The quantitative estimate of drug-likeness (QED) is 0.682. The molecule has 0 bridgehead atoms. The Hall–Kier alpha value is -2.67. The Bertz CT molecular complexity index is 937. The predicted octanol–water partition coefficient (Wildman–Crippen LogP) is 3.54. The second kappa shape index (κ2) is 7.06. The molecule has 7 heteroatoms. The molecule has 1 N–H and O–H groups in total. The molecular weight excluding hydrogens is 382 g/mol. The third-order valence-electron chi connectivity index (χ3n) is 3.75. The number of carbonyl (C=O) groups is 1. The van der Waals surface area contributed by atoms with Gasteiger partial charge in [0.15, 0.2) is 0 Å². The van der Waals surface area contributed by atoms with Crippen LogP contribution in [-0.2, 0) is 18.9 Å². The summed E-state index contributed by atoms with van der Waals surface area (Å²) in [7, 11) is 3.65. The molecule has 0 unspecified atom stereocenters. The SMILES string of the molecule is Cc1nn(C)c(NC(=O)/C=C/c2cnn(C)c2)c1-c1ccc(Br)cc1. The number of aromatic nitrogens is 4. The average molecular weight is 400 g/mol. The molecule has 2 aromatic heterocycles. The van der Waals surface area contributed by atoms with Crippen molar-refractivity contribution in [3.05, 3.63) is 58.5 Å². The van der Waals surface area contributed by atoms with Gasteiger partial charge in [-0.3, -0.25) is 14.2 Å². The van der Waals surface area contributed by atoms with Crippen LogP contribution < -0.4 is 5.32 Å². The average Bonchev–Trinajstić information content (AvgIpc) is 3.10. The molecule has 2 heterocycles. The fraction of sp³-hybridized carbons (Fsp3) is 0.167. The second-order valence-corrected chi connectivity index (χ2v) is 6.63. The fourth-order valence-corrected chi connectivity index (χ4v) is 2.88. The summed E-state index contributed by atoms with van der Waals surface area (Å²) in [6.45, 7) is 1.93. The molecule has 0 atom stereocenters. The van der Waals surface area contributed by atoms with E-state index < -0.39 is 0 Å². The first kappa shape index (κ1) is 17.2. The van der Waals surface area contributed by atoms with Gasteiger partial charge < -0.3 is 5.32 Å². The van der Waals surface area contributed by atoms with Crippen LogP contribution >= 0.6 is 15.9 Å². The van der Waals surface area contributed by atoms with Gasteiger partial charge in [0.1, 0.15) is 5.82 Å². The summed E-state index contributed by atoms with van der Waals surface area (Å²) in [5.74, 6) is 0.450. The van der Waals surface area contributed by atoms with Gasteiger partial charge in [-0.25, -0.2) is 0 Å². The number of aryl methyl sites for hydroxylation is 3. The van der Waals surface area contributed by atoms with E-state index in [-0.39, 0.29) is 5.91 Å². The van der Waals surface area contributed by atoms with Crippen LogP contribution in [0.1, 0.15) is 11.3 Å². The van der Waals surface area contributed by atoms with Crippen molar-refractivity contribution in [1.29, 1.82) is 0 Å². The topological polar surface area (TPSA) is 64.7 Å². The van der Waals surface area contributed by atoms with E-state index in [4.69, 9.17) is 0 Å². The number of anilines is 1. The lowest BCUT2D eigenvalue weighted by Crippen LogP contribution is -2.12. The van der Waals surface area contributed by atoms with E-state index in [9.17, 15) is 4.79 Å². The minimum atomic E-state index is -0.217. The van der Waals surface area contributed by atoms with Crippen LogP contribution in [0, 0.1) is 6.92 Å². The van der Waals surface area contributed by atoms with Gasteiger partial charge in [-0.1, -0.05) is 28.1 Å². The Morgan fingerprint density at radius 2 is 1.96 bits per heavy atom. The van der Waals surface area contributed by atoms with E-state index in [0.717, 1.165) is 26.9 Å². The zero-order valence-electron chi connectivity index (χ0n) is 14.2. The highest BCUT2D eigenvalue weighted by atomic mass is 79.9. The molecule has 0 saturated carbocycles. The fourth-order valence-electron chi connectivity index (χ4n) is 2.62. The van der Waals surface area contributed by atoms with Crippen molar-refractivity contribution in [3.8, 4) is 11.1 Å². The molecule has 0 aliphatic rings. The number of hydrogen-bond donors (Lipinski definition) is 1. The van der Waals surface area contributed by atoms with Crippen molar-refractivity contribution >= 4 is 33.7 Å². The van der Waals surface area contributed by atoms with E-state index in [1.54, 1.807) is 21.6 Å². The Kier molecular flexibility index (Phi) is 4.85. The molecule has 3 aromatic rings. The van der Waals surface area contributed by atoms with E-state index in [1.807, 2.05) is 51.5 Å². The first-order chi connectivity index (χ1) is 11.9. The highest BCUT2D eigenvalue weighted by Crippen LogP contribution is 2.31. The maximum absolute atomic E-state index is 12.3. The van der Waals surface area contributed by atoms with Crippen LogP contribution in [0.2, 0.25) is 0 Å². The molecule has 25 heavy (non-hydrogen) atoms. The summed E-state index contributed by atoms with van der Waals surface area (Å²) in [6.07, 6.45) is 6.76. The molecule has 1 aromatic carbocycles. The molecule has 3 rings (SSSR count). The Balaban J connectivity index is 1.86. The van der Waals surface area contributed by atoms with Crippen LogP contribution in [0.25, 0.3) is 17.2 Å². The van der Waals surface area contributed by atoms with Crippen LogP contribution in [0.15, 0.2) is 47.2 Å². The predicted molar refractivity (Wildman–Crippen MR) is 102 cm³/mol. The third kappa shape index (κ3) is 3.88. The molecular formula is C18H18BrN5O. The minimum absolute atomic E-state index is 0.217. The first-order valence-corrected chi connectivity index (χ1v) is 8.50. The summed E-state index contributed by atoms with van der Waals surface area (Å²) in [6, 6.07) is 7.93. The molecule has 0 fully saturated rings. The zero-order chi connectivity index (χ0) is 18.0. The zero-order valence-corrected chi connectivity index (χ0v) is 15.8. The van der Waals surface area contributed by atoms with Gasteiger partial charge in [0, 0.05) is 42.0 Å². The Morgan fingerprint density at radius 1 is 1.24 bits per heavy atom. The smallest absolute Gasteiger partial charge is 0.249 e. The normalized spacial score (nSPS) is 11.2. The maximum Gasteiger partial charge on any atom is 0.249 e. The summed E-state index contributed by atoms with van der Waals surface area (Å²) in [5.41, 5.74) is 3.64. The Morgan fingerprint density at radius 3 is 2.60 bits per heavy atom. The minimum Gasteiger partial charge on any atom is -0.307 e. The van der Waals surface area contributed by atoms with E-state index in [2.05, 4.69) is 31.4 Å². The van der Waals surface area contributed by atoms with Crippen molar-refractivity contribution in [2.45, 2.75) is 6.92 Å². The standard InChI is InChI=1S/C18H18BrN5O/c1-12-17(14-5-7-15(19)8-6-14)18(24(3)22-12)21-16(25)9-4-13-10-20-23(2)11-13/h4-11H,1-3H3,(H,21,25)/b9-4+. The largest absolute Gasteiger partial charge is 0.307 e.